The minimum atomic E-state index is 0.176. The number of aryl methyl sites for hydroxylation is 2. The van der Waals surface area contributed by atoms with Crippen molar-refractivity contribution in [2.75, 3.05) is 19.6 Å². The highest BCUT2D eigenvalue weighted by Gasteiger charge is 2.19. The van der Waals surface area contributed by atoms with Gasteiger partial charge in [0, 0.05) is 12.6 Å². The van der Waals surface area contributed by atoms with Gasteiger partial charge in [0.25, 0.3) is 0 Å². The molecule has 1 heterocycles. The number of hydrogen-bond donors (Lipinski definition) is 1. The summed E-state index contributed by atoms with van der Waals surface area (Å²) in [5, 5.41) is 0. The summed E-state index contributed by atoms with van der Waals surface area (Å²) in [4.78, 5) is 2.61. The fraction of sp³-hybridized carbons (Fsp3) is 0.667. The Kier molecular flexibility index (Phi) is 5.62. The normalized spacial score (nSPS) is 21.9. The van der Waals surface area contributed by atoms with E-state index >= 15 is 0 Å². The molecular weight excluding hydrogens is 244 g/mol. The number of piperidine rings is 1. The fourth-order valence-corrected chi connectivity index (χ4v) is 3.40. The highest BCUT2D eigenvalue weighted by atomic mass is 15.1. The van der Waals surface area contributed by atoms with Gasteiger partial charge in [0.05, 0.1) is 0 Å². The van der Waals surface area contributed by atoms with Crippen LogP contribution in [0, 0.1) is 19.8 Å². The molecule has 112 valence electrons. The van der Waals surface area contributed by atoms with E-state index in [1.54, 1.807) is 0 Å². The maximum atomic E-state index is 6.39. The van der Waals surface area contributed by atoms with Crippen molar-refractivity contribution in [3.05, 3.63) is 34.9 Å². The van der Waals surface area contributed by atoms with Crippen LogP contribution in [0.3, 0.4) is 0 Å². The molecule has 2 N–H and O–H groups in total. The highest BCUT2D eigenvalue weighted by molar-refractivity contribution is 5.30. The Morgan fingerprint density at radius 3 is 2.60 bits per heavy atom. The molecule has 0 amide bonds. The summed E-state index contributed by atoms with van der Waals surface area (Å²) in [7, 11) is 0. The van der Waals surface area contributed by atoms with Crippen LogP contribution < -0.4 is 5.73 Å². The first-order chi connectivity index (χ1) is 9.58. The van der Waals surface area contributed by atoms with Crippen molar-refractivity contribution in [3.8, 4) is 0 Å². The van der Waals surface area contributed by atoms with E-state index < -0.39 is 0 Å². The number of rotatable bonds is 5. The molecule has 2 heteroatoms. The van der Waals surface area contributed by atoms with E-state index in [1.807, 2.05) is 0 Å². The molecule has 0 bridgehead atoms. The van der Waals surface area contributed by atoms with Gasteiger partial charge in [-0.05, 0) is 57.7 Å². The molecule has 2 unspecified atom stereocenters. The summed E-state index contributed by atoms with van der Waals surface area (Å²) < 4.78 is 0. The second-order valence-corrected chi connectivity index (χ2v) is 6.53. The topological polar surface area (TPSA) is 29.3 Å². The Morgan fingerprint density at radius 2 is 1.95 bits per heavy atom. The number of benzene rings is 1. The van der Waals surface area contributed by atoms with Gasteiger partial charge in [0.15, 0.2) is 0 Å². The lowest BCUT2D eigenvalue weighted by Gasteiger charge is -2.32. The van der Waals surface area contributed by atoms with Crippen LogP contribution in [0.5, 0.6) is 0 Å². The van der Waals surface area contributed by atoms with E-state index in [9.17, 15) is 0 Å². The van der Waals surface area contributed by atoms with Crippen LogP contribution in [0.15, 0.2) is 18.2 Å². The van der Waals surface area contributed by atoms with Crippen LogP contribution in [-0.4, -0.2) is 24.5 Å². The van der Waals surface area contributed by atoms with Gasteiger partial charge in [0.1, 0.15) is 0 Å². The highest BCUT2D eigenvalue weighted by Crippen LogP contribution is 2.22. The predicted molar refractivity (Wildman–Crippen MR) is 86.9 cm³/mol. The van der Waals surface area contributed by atoms with Gasteiger partial charge >= 0.3 is 0 Å². The average Bonchev–Trinajstić information content (AvgIpc) is 2.44. The van der Waals surface area contributed by atoms with E-state index in [4.69, 9.17) is 5.73 Å². The Bertz CT molecular complexity index is 407. The van der Waals surface area contributed by atoms with Gasteiger partial charge in [0.2, 0.25) is 0 Å². The van der Waals surface area contributed by atoms with Crippen LogP contribution in [0.4, 0.5) is 0 Å². The fourth-order valence-electron chi connectivity index (χ4n) is 3.40. The second-order valence-electron chi connectivity index (χ2n) is 6.53. The molecule has 20 heavy (non-hydrogen) atoms. The quantitative estimate of drug-likeness (QED) is 0.884. The molecule has 1 aromatic carbocycles. The van der Waals surface area contributed by atoms with E-state index in [2.05, 4.69) is 43.9 Å². The monoisotopic (exact) mass is 274 g/mol. The summed E-state index contributed by atoms with van der Waals surface area (Å²) in [6, 6.07) is 6.87. The summed E-state index contributed by atoms with van der Waals surface area (Å²) in [6.45, 7) is 10.3. The Morgan fingerprint density at radius 1 is 1.25 bits per heavy atom. The van der Waals surface area contributed by atoms with Crippen LogP contribution in [0.1, 0.15) is 55.3 Å². The van der Waals surface area contributed by atoms with Crippen LogP contribution in [-0.2, 0) is 0 Å². The standard InChI is InChI=1S/C18H30N2/c1-4-16-6-5-8-20(13-16)9-7-18(19)17-11-14(2)10-15(3)12-17/h10-12,16,18H,4-9,13,19H2,1-3H3. The van der Waals surface area contributed by atoms with E-state index in [1.165, 1.54) is 49.0 Å². The smallest absolute Gasteiger partial charge is 0.0307 e. The summed E-state index contributed by atoms with van der Waals surface area (Å²) in [5.74, 6) is 0.904. The SMILES string of the molecule is CCC1CCCN(CCC(N)c2cc(C)cc(C)c2)C1. The van der Waals surface area contributed by atoms with Gasteiger partial charge in [-0.3, -0.25) is 0 Å². The minimum absolute atomic E-state index is 0.176. The molecule has 0 aromatic heterocycles. The molecular formula is C18H30N2. The molecule has 1 fully saturated rings. The predicted octanol–water partition coefficient (Wildman–Crippen LogP) is 3.82. The first-order valence-corrected chi connectivity index (χ1v) is 8.14. The zero-order chi connectivity index (χ0) is 14.5. The molecule has 1 saturated heterocycles. The van der Waals surface area contributed by atoms with Crippen molar-refractivity contribution in [1.29, 1.82) is 0 Å². The molecule has 2 atom stereocenters. The van der Waals surface area contributed by atoms with Crippen molar-refractivity contribution in [1.82, 2.24) is 4.90 Å². The molecule has 1 aliphatic heterocycles. The Hall–Kier alpha value is -0.860. The maximum Gasteiger partial charge on any atom is 0.0307 e. The van der Waals surface area contributed by atoms with Crippen molar-refractivity contribution in [2.45, 2.75) is 52.5 Å². The van der Waals surface area contributed by atoms with Crippen molar-refractivity contribution in [3.63, 3.8) is 0 Å². The van der Waals surface area contributed by atoms with Crippen molar-refractivity contribution >= 4 is 0 Å². The third-order valence-corrected chi connectivity index (χ3v) is 4.61. The minimum Gasteiger partial charge on any atom is -0.324 e. The molecule has 0 spiro atoms. The summed E-state index contributed by atoms with van der Waals surface area (Å²) in [6.07, 6.45) is 5.16. The molecule has 2 nitrogen and oxygen atoms in total. The lowest BCUT2D eigenvalue weighted by atomic mass is 9.95. The Labute approximate surface area is 124 Å². The molecule has 1 aromatic rings. The third-order valence-electron chi connectivity index (χ3n) is 4.61. The van der Waals surface area contributed by atoms with E-state index in [0.717, 1.165) is 18.9 Å². The molecule has 1 aliphatic rings. The third kappa shape index (κ3) is 4.32. The van der Waals surface area contributed by atoms with Crippen LogP contribution in [0.2, 0.25) is 0 Å². The zero-order valence-electron chi connectivity index (χ0n) is 13.4. The number of likely N-dealkylation sites (tertiary alicyclic amines) is 1. The summed E-state index contributed by atoms with van der Waals surface area (Å²) in [5.41, 5.74) is 10.3. The van der Waals surface area contributed by atoms with Crippen LogP contribution >= 0.6 is 0 Å². The maximum absolute atomic E-state index is 6.39. The molecule has 0 radical (unpaired) electrons. The van der Waals surface area contributed by atoms with Gasteiger partial charge in [-0.1, -0.05) is 42.7 Å². The lowest BCUT2D eigenvalue weighted by Crippen LogP contribution is -2.36. The van der Waals surface area contributed by atoms with Crippen molar-refractivity contribution in [2.24, 2.45) is 11.7 Å². The second kappa shape index (κ2) is 7.24. The largest absolute Gasteiger partial charge is 0.324 e. The lowest BCUT2D eigenvalue weighted by molar-refractivity contribution is 0.167. The van der Waals surface area contributed by atoms with Gasteiger partial charge in [-0.15, -0.1) is 0 Å². The van der Waals surface area contributed by atoms with E-state index in [-0.39, 0.29) is 6.04 Å². The number of nitrogens with two attached hydrogens (primary N) is 1. The average molecular weight is 274 g/mol. The van der Waals surface area contributed by atoms with Gasteiger partial charge < -0.3 is 10.6 Å². The van der Waals surface area contributed by atoms with Gasteiger partial charge in [-0.2, -0.15) is 0 Å². The molecule has 0 aliphatic carbocycles. The summed E-state index contributed by atoms with van der Waals surface area (Å²) >= 11 is 0. The number of hydrogen-bond acceptors (Lipinski definition) is 2. The van der Waals surface area contributed by atoms with E-state index in [0.29, 0.717) is 0 Å². The first kappa shape index (κ1) is 15.5. The van der Waals surface area contributed by atoms with Crippen LogP contribution in [0.25, 0.3) is 0 Å². The molecule has 0 saturated carbocycles. The van der Waals surface area contributed by atoms with Crippen molar-refractivity contribution < 1.29 is 0 Å². The molecule has 2 rings (SSSR count). The first-order valence-electron chi connectivity index (χ1n) is 8.14. The Balaban J connectivity index is 1.86. The zero-order valence-corrected chi connectivity index (χ0v) is 13.4. The number of nitrogens with zero attached hydrogens (tertiary/aromatic N) is 1. The van der Waals surface area contributed by atoms with Gasteiger partial charge in [-0.25, -0.2) is 0 Å².